The minimum atomic E-state index is -4.58. The average Bonchev–Trinajstić information content (AvgIpc) is 3.83. The lowest BCUT2D eigenvalue weighted by Gasteiger charge is -2.27. The largest absolute Gasteiger partial charge is 0.457 e. The lowest BCUT2D eigenvalue weighted by Crippen LogP contribution is -2.32. The van der Waals surface area contributed by atoms with Crippen molar-refractivity contribution in [2.75, 3.05) is 29.5 Å². The first-order valence-electron chi connectivity index (χ1n) is 24.2. The second-order valence-corrected chi connectivity index (χ2v) is 25.8. The summed E-state index contributed by atoms with van der Waals surface area (Å²) in [7, 11) is -17.6. The normalized spacial score (nSPS) is 19.0. The number of benzene rings is 3. The zero-order chi connectivity index (χ0) is 54.9. The van der Waals surface area contributed by atoms with Crippen molar-refractivity contribution in [2.24, 2.45) is 0 Å². The number of carbonyl (C=O) groups excluding carboxylic acids is 3. The Morgan fingerprint density at radius 1 is 0.693 bits per heavy atom. The number of nitrogens with zero attached hydrogens (tertiary/aromatic N) is 3. The molecule has 3 aliphatic heterocycles. The van der Waals surface area contributed by atoms with Gasteiger partial charge < -0.3 is 14.5 Å². The van der Waals surface area contributed by atoms with Crippen molar-refractivity contribution in [3.63, 3.8) is 0 Å². The number of hydrogen-bond donors (Lipinski definition) is 4. The molecule has 1 aliphatic carbocycles. The molecule has 404 valence electrons. The molecule has 0 atom stereocenters. The Balaban J connectivity index is 1.29. The van der Waals surface area contributed by atoms with Crippen LogP contribution in [0.2, 0.25) is 0 Å². The van der Waals surface area contributed by atoms with Crippen molar-refractivity contribution in [2.45, 2.75) is 119 Å². The maximum Gasteiger partial charge on any atom is 0.333 e. The van der Waals surface area contributed by atoms with Gasteiger partial charge in [-0.05, 0) is 136 Å². The summed E-state index contributed by atoms with van der Waals surface area (Å²) in [5.41, 5.74) is 4.38. The zero-order valence-corrected chi connectivity index (χ0v) is 45.0. The van der Waals surface area contributed by atoms with Crippen LogP contribution in [-0.4, -0.2) is 110 Å². The smallest absolute Gasteiger partial charge is 0.333 e. The van der Waals surface area contributed by atoms with Crippen molar-refractivity contribution < 1.29 is 80.4 Å². The summed E-state index contributed by atoms with van der Waals surface area (Å²) in [5.74, 6) is -1.94. The lowest BCUT2D eigenvalue weighted by molar-refractivity contribution is -0.438. The molecule has 3 aromatic rings. The van der Waals surface area contributed by atoms with Gasteiger partial charge in [-0.3, -0.25) is 27.8 Å². The molecule has 0 spiro atoms. The summed E-state index contributed by atoms with van der Waals surface area (Å²) in [4.78, 5) is 42.9. The number of unbranched alkanes of at least 4 members (excludes halogenated alkanes) is 2. The first-order chi connectivity index (χ1) is 34.9. The number of aryl methyl sites for hydroxylation is 1. The number of hydroxylamine groups is 2. The SMILES string of the molecule is CC1(C)C(=CC=C2CCCC(C=CC3=[N+](CCCCS(=O)(=O)O)c4ccc(S(=O)(=O)O)cc4C3(C)C)=C2Oc2ccc(CCC(=O)ON3C(=O)CCC3=O)cc2)N(CCCCS(=O)(=O)O)c2ccc(S(=O)(=O)O)cc21. The first-order valence-corrected chi connectivity index (χ1v) is 30.3. The summed E-state index contributed by atoms with van der Waals surface area (Å²) in [5, 5.41) is 0.498. The minimum Gasteiger partial charge on any atom is -0.457 e. The third-order valence-corrected chi connectivity index (χ3v) is 17.0. The van der Waals surface area contributed by atoms with Gasteiger partial charge in [0.25, 0.3) is 52.3 Å². The number of fused-ring (bicyclic) bond motifs is 2. The Bertz CT molecular complexity index is 3410. The van der Waals surface area contributed by atoms with Gasteiger partial charge in [-0.1, -0.05) is 32.1 Å². The first kappa shape index (κ1) is 56.9. The number of hydrogen-bond acceptors (Lipinski definition) is 14. The molecule has 0 unspecified atom stereocenters. The quantitative estimate of drug-likeness (QED) is 0.0357. The molecule has 75 heavy (non-hydrogen) atoms. The van der Waals surface area contributed by atoms with Crippen LogP contribution in [0, 0.1) is 0 Å². The van der Waals surface area contributed by atoms with Crippen LogP contribution < -0.4 is 9.64 Å². The Morgan fingerprint density at radius 2 is 1.29 bits per heavy atom. The Morgan fingerprint density at radius 3 is 1.91 bits per heavy atom. The van der Waals surface area contributed by atoms with Crippen LogP contribution in [0.5, 0.6) is 5.75 Å². The molecule has 3 aromatic carbocycles. The van der Waals surface area contributed by atoms with Crippen molar-refractivity contribution in [1.29, 1.82) is 0 Å². The predicted molar refractivity (Wildman–Crippen MR) is 276 cm³/mol. The van der Waals surface area contributed by atoms with E-state index in [4.69, 9.17) is 9.57 Å². The summed E-state index contributed by atoms with van der Waals surface area (Å²) < 4.78 is 143. The molecular weight excluding hydrogens is 1050 g/mol. The van der Waals surface area contributed by atoms with Crippen LogP contribution in [0.4, 0.5) is 11.4 Å². The number of anilines is 1. The van der Waals surface area contributed by atoms with Crippen molar-refractivity contribution in [1.82, 2.24) is 5.06 Å². The van der Waals surface area contributed by atoms with E-state index in [2.05, 4.69) is 0 Å². The molecule has 1 fully saturated rings. The summed E-state index contributed by atoms with van der Waals surface area (Å²) >= 11 is 0. The fraction of sp³-hybridized carbons (Fsp3) is 0.412. The minimum absolute atomic E-state index is 0.0322. The van der Waals surface area contributed by atoms with Crippen molar-refractivity contribution in [3.8, 4) is 5.75 Å². The number of imide groups is 1. The second-order valence-electron chi connectivity index (χ2n) is 19.8. The van der Waals surface area contributed by atoms with E-state index in [1.165, 1.54) is 24.3 Å². The average molecular weight is 1120 g/mol. The molecule has 3 heterocycles. The summed E-state index contributed by atoms with van der Waals surface area (Å²) in [6.07, 6.45) is 10.2. The highest BCUT2D eigenvalue weighted by Crippen LogP contribution is 2.49. The van der Waals surface area contributed by atoms with Crippen LogP contribution in [0.25, 0.3) is 0 Å². The molecule has 4 N–H and O–H groups in total. The van der Waals surface area contributed by atoms with E-state index in [1.807, 2.05) is 61.5 Å². The van der Waals surface area contributed by atoms with E-state index in [1.54, 1.807) is 36.4 Å². The topological polar surface area (TPSA) is 297 Å². The van der Waals surface area contributed by atoms with Crippen LogP contribution in [-0.2, 0) is 76.9 Å². The third-order valence-electron chi connectivity index (χ3n) is 13.7. The van der Waals surface area contributed by atoms with E-state index in [0.717, 1.165) is 16.7 Å². The number of allylic oxidation sites excluding steroid dienone is 7. The Hall–Kier alpha value is -5.86. The van der Waals surface area contributed by atoms with Gasteiger partial charge in [0.15, 0.2) is 5.71 Å². The molecule has 7 rings (SSSR count). The number of carbonyl (C=O) groups is 3. The summed E-state index contributed by atoms with van der Waals surface area (Å²) in [6, 6.07) is 15.5. The maximum atomic E-state index is 12.6. The Kier molecular flexibility index (Phi) is 16.7. The van der Waals surface area contributed by atoms with Crippen molar-refractivity contribution in [3.05, 3.63) is 124 Å². The van der Waals surface area contributed by atoms with Gasteiger partial charge in [0.05, 0.1) is 33.1 Å². The monoisotopic (exact) mass is 1110 g/mol. The van der Waals surface area contributed by atoms with Gasteiger partial charge >= 0.3 is 5.97 Å². The fourth-order valence-electron chi connectivity index (χ4n) is 9.83. The van der Waals surface area contributed by atoms with Crippen LogP contribution in [0.15, 0.2) is 117 Å². The van der Waals surface area contributed by atoms with Crippen LogP contribution in [0.3, 0.4) is 0 Å². The van der Waals surface area contributed by atoms with Gasteiger partial charge in [-0.2, -0.15) is 38.2 Å². The lowest BCUT2D eigenvalue weighted by atomic mass is 9.81. The van der Waals surface area contributed by atoms with Crippen LogP contribution >= 0.6 is 0 Å². The highest BCUT2D eigenvalue weighted by Gasteiger charge is 2.45. The van der Waals surface area contributed by atoms with Gasteiger partial charge in [0, 0.05) is 60.3 Å². The molecule has 2 amide bonds. The molecular formula is C51H60N3O17S4+. The number of ether oxygens (including phenoxy) is 1. The van der Waals surface area contributed by atoms with E-state index >= 15 is 0 Å². The molecule has 0 radical (unpaired) electrons. The van der Waals surface area contributed by atoms with Gasteiger partial charge in [-0.25, -0.2) is 4.79 Å². The highest BCUT2D eigenvalue weighted by molar-refractivity contribution is 7.86. The van der Waals surface area contributed by atoms with Gasteiger partial charge in [-0.15, -0.1) is 5.06 Å². The molecule has 20 nitrogen and oxygen atoms in total. The van der Waals surface area contributed by atoms with E-state index in [0.29, 0.717) is 82.6 Å². The highest BCUT2D eigenvalue weighted by atomic mass is 32.2. The molecule has 24 heteroatoms. The Labute approximate surface area is 437 Å². The number of rotatable bonds is 21. The molecule has 0 bridgehead atoms. The maximum absolute atomic E-state index is 12.6. The molecule has 1 saturated heterocycles. The van der Waals surface area contributed by atoms with Gasteiger partial charge in [0.1, 0.15) is 18.1 Å². The van der Waals surface area contributed by atoms with Gasteiger partial charge in [0.2, 0.25) is 5.69 Å². The van der Waals surface area contributed by atoms with E-state index in [-0.39, 0.29) is 61.4 Å². The zero-order valence-electron chi connectivity index (χ0n) is 41.8. The number of amides is 2. The third kappa shape index (κ3) is 13.6. The van der Waals surface area contributed by atoms with Crippen LogP contribution in [0.1, 0.15) is 109 Å². The predicted octanol–water partition coefficient (Wildman–Crippen LogP) is 7.11. The second kappa shape index (κ2) is 22.0. The molecule has 0 aromatic heterocycles. The van der Waals surface area contributed by atoms with E-state index < -0.39 is 80.6 Å². The summed E-state index contributed by atoms with van der Waals surface area (Å²) in [6.45, 7) is 8.14. The standard InChI is InChI=1S/C51H59N3O17S4/c1-50(2)40-32-38(74(64,65)66)19-21-42(40)52(28-5-7-30-72(58,59)60)44(50)23-15-35-10-9-11-36(49(35)70-37-17-12-34(13-18-37)14-27-48(57)71-54-46(55)25-26-47(54)56)16-24-45-51(3,4)41-33-39(75(67,68)69)20-22-43(41)53(45)29-6-8-31-73(61,62)63/h12-13,15-24,32-33H,5-11,14,25-31H2,1-4H3,(H3-,58,59,60,61,62,63,64,65,66,67,68,69)/p+1. The van der Waals surface area contributed by atoms with E-state index in [9.17, 15) is 66.3 Å². The van der Waals surface area contributed by atoms with Crippen molar-refractivity contribution >= 4 is 75.3 Å². The molecule has 4 aliphatic rings. The fourth-order valence-corrected chi connectivity index (χ4v) is 12.0. The molecule has 0 saturated carbocycles.